The molecule has 16 heteroatoms. The maximum absolute atomic E-state index is 12.6. The van der Waals surface area contributed by atoms with Crippen LogP contribution in [0, 0.1) is 23.7 Å². The normalized spacial score (nSPS) is 16.7. The standard InChI is InChI=1S/C10H6F12O4/c11-7(12,13)3(8(14,15)16)1(5(23)24)2(6(25)26)4(9(17,18)19)10(20,21)22/h1-4H,(H,23,24)(H,25,26)/t1-,2+. The van der Waals surface area contributed by atoms with Crippen LogP contribution in [0.3, 0.4) is 0 Å². The summed E-state index contributed by atoms with van der Waals surface area (Å²) in [5, 5.41) is 16.9. The summed E-state index contributed by atoms with van der Waals surface area (Å²) in [7, 11) is 0. The summed E-state index contributed by atoms with van der Waals surface area (Å²) in [5.74, 6) is -26.8. The molecule has 0 rings (SSSR count). The molecule has 0 aromatic carbocycles. The Labute approximate surface area is 134 Å². The lowest BCUT2D eigenvalue weighted by molar-refractivity contribution is -0.327. The zero-order chi connectivity index (χ0) is 21.5. The van der Waals surface area contributed by atoms with Gasteiger partial charge in [0.15, 0.2) is 11.8 Å². The van der Waals surface area contributed by atoms with Crippen LogP contribution >= 0.6 is 0 Å². The third-order valence-electron chi connectivity index (χ3n) is 3.09. The largest absolute Gasteiger partial charge is 0.481 e. The minimum Gasteiger partial charge on any atom is -0.481 e. The Bertz CT molecular complexity index is 452. The zero-order valence-corrected chi connectivity index (χ0v) is 11.6. The van der Waals surface area contributed by atoms with Crippen LogP contribution < -0.4 is 0 Å². The van der Waals surface area contributed by atoms with Crippen LogP contribution in [0.5, 0.6) is 0 Å². The van der Waals surface area contributed by atoms with Crippen molar-refractivity contribution in [1.82, 2.24) is 0 Å². The van der Waals surface area contributed by atoms with Crippen molar-refractivity contribution >= 4 is 11.9 Å². The fourth-order valence-electron chi connectivity index (χ4n) is 2.19. The number of rotatable bonds is 5. The molecule has 0 aliphatic heterocycles. The zero-order valence-electron chi connectivity index (χ0n) is 11.6. The SMILES string of the molecule is O=C(O)[C@H](C(C(F)(F)F)C(F)(F)F)[C@@H](C(=O)O)C(C(F)(F)F)C(F)(F)F. The number of aliphatic carboxylic acids is 2. The van der Waals surface area contributed by atoms with E-state index in [1.165, 1.54) is 0 Å². The molecule has 0 saturated carbocycles. The number of carbonyl (C=O) groups is 2. The van der Waals surface area contributed by atoms with Crippen molar-refractivity contribution in [1.29, 1.82) is 0 Å². The van der Waals surface area contributed by atoms with E-state index in [1.54, 1.807) is 0 Å². The number of alkyl halides is 12. The van der Waals surface area contributed by atoms with Gasteiger partial charge >= 0.3 is 36.6 Å². The van der Waals surface area contributed by atoms with Gasteiger partial charge in [-0.25, -0.2) is 0 Å². The minimum absolute atomic E-state index is 3.45. The molecule has 0 aromatic rings. The van der Waals surface area contributed by atoms with Crippen LogP contribution in [-0.4, -0.2) is 46.9 Å². The Kier molecular flexibility index (Phi) is 6.50. The summed E-state index contributed by atoms with van der Waals surface area (Å²) in [6.07, 6.45) is -26.8. The van der Waals surface area contributed by atoms with E-state index in [4.69, 9.17) is 10.2 Å². The molecule has 0 fully saturated rings. The molecule has 0 heterocycles. The molecule has 26 heavy (non-hydrogen) atoms. The molecule has 154 valence electrons. The maximum atomic E-state index is 12.6. The van der Waals surface area contributed by atoms with E-state index in [2.05, 4.69) is 0 Å². The van der Waals surface area contributed by atoms with Crippen LogP contribution in [0.15, 0.2) is 0 Å². The Morgan fingerprint density at radius 3 is 0.731 bits per heavy atom. The minimum atomic E-state index is -6.70. The van der Waals surface area contributed by atoms with Gasteiger partial charge < -0.3 is 10.2 Å². The fraction of sp³-hybridized carbons (Fsp3) is 0.800. The molecule has 0 aromatic heterocycles. The van der Waals surface area contributed by atoms with Gasteiger partial charge in [0.2, 0.25) is 0 Å². The predicted octanol–water partition coefficient (Wildman–Crippen LogP) is 3.87. The lowest BCUT2D eigenvalue weighted by Gasteiger charge is -2.36. The van der Waals surface area contributed by atoms with Crippen LogP contribution in [0.1, 0.15) is 0 Å². The molecule has 2 atom stereocenters. The first kappa shape index (κ1) is 24.1. The van der Waals surface area contributed by atoms with Crippen LogP contribution in [-0.2, 0) is 9.59 Å². The molecule has 0 amide bonds. The summed E-state index contributed by atoms with van der Waals surface area (Å²) in [4.78, 5) is 21.5. The molecule has 4 nitrogen and oxygen atoms in total. The molecular weight excluding hydrogens is 412 g/mol. The molecule has 0 unspecified atom stereocenters. The quantitative estimate of drug-likeness (QED) is 0.665. The first-order valence-corrected chi connectivity index (χ1v) is 5.86. The predicted molar refractivity (Wildman–Crippen MR) is 53.5 cm³/mol. The Hall–Kier alpha value is -1.90. The second kappa shape index (κ2) is 7.02. The summed E-state index contributed by atoms with van der Waals surface area (Å²) < 4.78 is 151. The Balaban J connectivity index is 6.78. The van der Waals surface area contributed by atoms with Gasteiger partial charge in [0.05, 0.1) is 11.8 Å². The Morgan fingerprint density at radius 2 is 0.654 bits per heavy atom. The van der Waals surface area contributed by atoms with Gasteiger partial charge in [-0.1, -0.05) is 0 Å². The number of carboxylic acids is 2. The molecular formula is C10H6F12O4. The van der Waals surface area contributed by atoms with E-state index < -0.39 is 60.3 Å². The molecule has 0 aliphatic rings. The lowest BCUT2D eigenvalue weighted by Crippen LogP contribution is -2.55. The smallest absolute Gasteiger partial charge is 0.401 e. The summed E-state index contributed by atoms with van der Waals surface area (Å²) in [5.41, 5.74) is 0. The third-order valence-corrected chi connectivity index (χ3v) is 3.09. The molecule has 0 radical (unpaired) electrons. The first-order chi connectivity index (χ1) is 11.1. The van der Waals surface area contributed by atoms with Gasteiger partial charge in [0, 0.05) is 0 Å². The monoisotopic (exact) mass is 418 g/mol. The van der Waals surface area contributed by atoms with E-state index in [1.807, 2.05) is 0 Å². The number of hydrogen-bond donors (Lipinski definition) is 2. The van der Waals surface area contributed by atoms with E-state index in [0.29, 0.717) is 0 Å². The summed E-state index contributed by atoms with van der Waals surface area (Å²) in [6.45, 7) is 0. The topological polar surface area (TPSA) is 74.6 Å². The van der Waals surface area contributed by atoms with Crippen molar-refractivity contribution in [2.75, 3.05) is 0 Å². The van der Waals surface area contributed by atoms with Crippen molar-refractivity contribution in [3.63, 3.8) is 0 Å². The highest BCUT2D eigenvalue weighted by Gasteiger charge is 2.71. The van der Waals surface area contributed by atoms with Gasteiger partial charge in [0.25, 0.3) is 0 Å². The number of carboxylic acid groups (broad SMARTS) is 2. The molecule has 2 N–H and O–H groups in total. The third kappa shape index (κ3) is 5.55. The van der Waals surface area contributed by atoms with Crippen LogP contribution in [0.2, 0.25) is 0 Å². The van der Waals surface area contributed by atoms with E-state index >= 15 is 0 Å². The highest BCUT2D eigenvalue weighted by molar-refractivity contribution is 5.81. The molecule has 0 spiro atoms. The molecule has 0 aliphatic carbocycles. The molecule has 0 saturated heterocycles. The first-order valence-electron chi connectivity index (χ1n) is 5.86. The Morgan fingerprint density at radius 1 is 0.500 bits per heavy atom. The highest BCUT2D eigenvalue weighted by atomic mass is 19.4. The highest BCUT2D eigenvalue weighted by Crippen LogP contribution is 2.52. The van der Waals surface area contributed by atoms with Crippen LogP contribution in [0.25, 0.3) is 0 Å². The molecule has 0 bridgehead atoms. The van der Waals surface area contributed by atoms with E-state index in [-0.39, 0.29) is 0 Å². The van der Waals surface area contributed by atoms with Gasteiger partial charge in [-0.05, 0) is 0 Å². The van der Waals surface area contributed by atoms with Crippen molar-refractivity contribution in [3.05, 3.63) is 0 Å². The van der Waals surface area contributed by atoms with E-state index in [0.717, 1.165) is 0 Å². The summed E-state index contributed by atoms with van der Waals surface area (Å²) >= 11 is 0. The van der Waals surface area contributed by atoms with Crippen molar-refractivity contribution in [2.45, 2.75) is 24.7 Å². The van der Waals surface area contributed by atoms with Crippen molar-refractivity contribution < 1.29 is 72.5 Å². The van der Waals surface area contributed by atoms with Gasteiger partial charge in [-0.15, -0.1) is 0 Å². The summed E-state index contributed by atoms with van der Waals surface area (Å²) in [6, 6.07) is 0. The van der Waals surface area contributed by atoms with Gasteiger partial charge in [-0.3, -0.25) is 9.59 Å². The van der Waals surface area contributed by atoms with Crippen molar-refractivity contribution in [3.8, 4) is 0 Å². The average molecular weight is 418 g/mol. The van der Waals surface area contributed by atoms with Gasteiger partial charge in [-0.2, -0.15) is 52.7 Å². The number of halogens is 12. The maximum Gasteiger partial charge on any atom is 0.401 e. The second-order valence-corrected chi connectivity index (χ2v) is 4.85. The van der Waals surface area contributed by atoms with E-state index in [9.17, 15) is 62.3 Å². The number of hydrogen-bond acceptors (Lipinski definition) is 2. The average Bonchev–Trinajstić information content (AvgIpc) is 2.25. The fourth-order valence-corrected chi connectivity index (χ4v) is 2.19. The van der Waals surface area contributed by atoms with Crippen molar-refractivity contribution in [2.24, 2.45) is 23.7 Å². The van der Waals surface area contributed by atoms with Gasteiger partial charge in [0.1, 0.15) is 0 Å². The second-order valence-electron chi connectivity index (χ2n) is 4.85. The van der Waals surface area contributed by atoms with Crippen LogP contribution in [0.4, 0.5) is 52.7 Å². The lowest BCUT2D eigenvalue weighted by atomic mass is 9.73.